The van der Waals surface area contributed by atoms with Gasteiger partial charge >= 0.3 is 0 Å². The molecule has 0 bridgehead atoms. The molecule has 4 rings (SSSR count). The number of hydrogen-bond donors (Lipinski definition) is 2. The quantitative estimate of drug-likeness (QED) is 0.768. The Labute approximate surface area is 138 Å². The number of carbonyl (C=O) groups excluding carboxylic acids is 1. The van der Waals surface area contributed by atoms with E-state index in [4.69, 9.17) is 4.42 Å². The van der Waals surface area contributed by atoms with Gasteiger partial charge in [0.2, 0.25) is 5.91 Å². The lowest BCUT2D eigenvalue weighted by atomic mass is 9.97. The second-order valence-corrected chi connectivity index (χ2v) is 5.84. The number of carbonyl (C=O) groups is 1. The summed E-state index contributed by atoms with van der Waals surface area (Å²) in [5.74, 6) is 1.19. The number of hydrogen-bond acceptors (Lipinski definition) is 6. The van der Waals surface area contributed by atoms with Crippen LogP contribution >= 0.6 is 0 Å². The van der Waals surface area contributed by atoms with E-state index in [-0.39, 0.29) is 11.8 Å². The number of anilines is 1. The van der Waals surface area contributed by atoms with Gasteiger partial charge in [0.25, 0.3) is 0 Å². The van der Waals surface area contributed by atoms with Gasteiger partial charge in [-0.25, -0.2) is 15.0 Å². The Bertz CT molecular complexity index is 857. The minimum atomic E-state index is 0.0229. The highest BCUT2D eigenvalue weighted by Gasteiger charge is 2.21. The van der Waals surface area contributed by atoms with Crippen molar-refractivity contribution in [2.24, 2.45) is 5.92 Å². The standard InChI is InChI=1S/C17H17N5O2/c23-17(11-3-5-18-6-4-11)22-16-7-14-12(8-20-16)1-2-13(21-14)15-9-19-10-24-15/h1-2,7-11,18H,3-6H2,(H,20,22,23). The second-order valence-electron chi connectivity index (χ2n) is 5.84. The minimum absolute atomic E-state index is 0.0229. The third kappa shape index (κ3) is 2.98. The Hall–Kier alpha value is -2.80. The lowest BCUT2D eigenvalue weighted by molar-refractivity contribution is -0.120. The molecular formula is C17H17N5O2. The third-order valence-corrected chi connectivity index (χ3v) is 4.22. The fourth-order valence-electron chi connectivity index (χ4n) is 2.88. The molecule has 0 aliphatic carbocycles. The number of pyridine rings is 2. The molecule has 0 unspecified atom stereocenters. The van der Waals surface area contributed by atoms with E-state index in [0.717, 1.165) is 36.8 Å². The Morgan fingerprint density at radius 3 is 2.92 bits per heavy atom. The van der Waals surface area contributed by atoms with Crippen LogP contribution in [0.15, 0.2) is 41.4 Å². The maximum absolute atomic E-state index is 12.3. The average molecular weight is 323 g/mol. The van der Waals surface area contributed by atoms with Crippen LogP contribution in [-0.2, 0) is 4.79 Å². The summed E-state index contributed by atoms with van der Waals surface area (Å²) in [5, 5.41) is 7.06. The van der Waals surface area contributed by atoms with Crippen molar-refractivity contribution < 1.29 is 9.21 Å². The molecule has 1 amide bonds. The topological polar surface area (TPSA) is 92.9 Å². The molecule has 0 radical (unpaired) electrons. The number of fused-ring (bicyclic) bond motifs is 1. The first-order valence-corrected chi connectivity index (χ1v) is 7.97. The molecule has 1 saturated heterocycles. The SMILES string of the molecule is O=C(Nc1cc2nc(-c3cnco3)ccc2cn1)C1CCNCC1. The maximum Gasteiger partial charge on any atom is 0.228 e. The molecule has 3 aromatic heterocycles. The van der Waals surface area contributed by atoms with Crippen molar-refractivity contribution in [3.8, 4) is 11.5 Å². The summed E-state index contributed by atoms with van der Waals surface area (Å²) in [7, 11) is 0. The zero-order valence-corrected chi connectivity index (χ0v) is 13.0. The van der Waals surface area contributed by atoms with Crippen molar-refractivity contribution in [3.63, 3.8) is 0 Å². The van der Waals surface area contributed by atoms with E-state index in [2.05, 4.69) is 25.6 Å². The Balaban J connectivity index is 1.58. The van der Waals surface area contributed by atoms with Crippen molar-refractivity contribution in [2.75, 3.05) is 18.4 Å². The molecule has 7 nitrogen and oxygen atoms in total. The van der Waals surface area contributed by atoms with Crippen LogP contribution in [0.4, 0.5) is 5.82 Å². The van der Waals surface area contributed by atoms with Gasteiger partial charge in [-0.2, -0.15) is 0 Å². The van der Waals surface area contributed by atoms with Crippen LogP contribution < -0.4 is 10.6 Å². The van der Waals surface area contributed by atoms with E-state index >= 15 is 0 Å². The van der Waals surface area contributed by atoms with Crippen LogP contribution in [0.25, 0.3) is 22.4 Å². The number of piperidine rings is 1. The molecule has 0 spiro atoms. The summed E-state index contributed by atoms with van der Waals surface area (Å²) >= 11 is 0. The van der Waals surface area contributed by atoms with Gasteiger partial charge in [-0.1, -0.05) is 0 Å². The van der Waals surface area contributed by atoms with E-state index in [1.165, 1.54) is 6.39 Å². The van der Waals surface area contributed by atoms with Gasteiger partial charge in [-0.15, -0.1) is 0 Å². The zero-order valence-electron chi connectivity index (χ0n) is 13.0. The molecule has 122 valence electrons. The van der Waals surface area contributed by atoms with Crippen LogP contribution in [0.1, 0.15) is 12.8 Å². The summed E-state index contributed by atoms with van der Waals surface area (Å²) in [4.78, 5) is 25.1. The van der Waals surface area contributed by atoms with Crippen molar-refractivity contribution >= 4 is 22.6 Å². The first-order valence-electron chi connectivity index (χ1n) is 7.97. The van der Waals surface area contributed by atoms with Gasteiger partial charge in [-0.3, -0.25) is 4.79 Å². The van der Waals surface area contributed by atoms with Crippen LogP contribution in [0.2, 0.25) is 0 Å². The lowest BCUT2D eigenvalue weighted by Crippen LogP contribution is -2.34. The van der Waals surface area contributed by atoms with Crippen LogP contribution in [0.5, 0.6) is 0 Å². The van der Waals surface area contributed by atoms with Crippen LogP contribution in [0.3, 0.4) is 0 Å². The molecule has 3 aromatic rings. The molecule has 1 aliphatic heterocycles. The molecule has 0 saturated carbocycles. The fourth-order valence-corrected chi connectivity index (χ4v) is 2.88. The molecule has 7 heteroatoms. The Morgan fingerprint density at radius 2 is 2.12 bits per heavy atom. The number of rotatable bonds is 3. The first kappa shape index (κ1) is 14.8. The number of nitrogens with one attached hydrogen (secondary N) is 2. The zero-order chi connectivity index (χ0) is 16.4. The smallest absolute Gasteiger partial charge is 0.228 e. The minimum Gasteiger partial charge on any atom is -0.442 e. The largest absolute Gasteiger partial charge is 0.442 e. The number of nitrogens with zero attached hydrogens (tertiary/aromatic N) is 3. The lowest BCUT2D eigenvalue weighted by Gasteiger charge is -2.21. The third-order valence-electron chi connectivity index (χ3n) is 4.22. The van der Waals surface area contributed by atoms with Gasteiger partial charge in [0.05, 0.1) is 11.7 Å². The van der Waals surface area contributed by atoms with Gasteiger partial charge in [0, 0.05) is 23.6 Å². The summed E-state index contributed by atoms with van der Waals surface area (Å²) < 4.78 is 5.28. The molecule has 1 aliphatic rings. The van der Waals surface area contributed by atoms with Crippen molar-refractivity contribution in [2.45, 2.75) is 12.8 Å². The summed E-state index contributed by atoms with van der Waals surface area (Å²) in [6.45, 7) is 1.76. The second kappa shape index (κ2) is 6.37. The molecule has 24 heavy (non-hydrogen) atoms. The summed E-state index contributed by atoms with van der Waals surface area (Å²) in [5.41, 5.74) is 1.45. The highest BCUT2D eigenvalue weighted by molar-refractivity contribution is 5.93. The molecule has 0 atom stereocenters. The van der Waals surface area contributed by atoms with E-state index in [9.17, 15) is 4.79 Å². The van der Waals surface area contributed by atoms with E-state index < -0.39 is 0 Å². The van der Waals surface area contributed by atoms with Crippen LogP contribution in [-0.4, -0.2) is 33.9 Å². The van der Waals surface area contributed by atoms with Gasteiger partial charge in [0.15, 0.2) is 12.2 Å². The average Bonchev–Trinajstić information content (AvgIpc) is 3.16. The molecule has 4 heterocycles. The van der Waals surface area contributed by atoms with Crippen molar-refractivity contribution in [3.05, 3.63) is 37.0 Å². The van der Waals surface area contributed by atoms with E-state index in [1.54, 1.807) is 18.5 Å². The monoisotopic (exact) mass is 323 g/mol. The summed E-state index contributed by atoms with van der Waals surface area (Å²) in [6, 6.07) is 5.57. The van der Waals surface area contributed by atoms with E-state index in [0.29, 0.717) is 17.3 Å². The predicted molar refractivity (Wildman–Crippen MR) is 89.3 cm³/mol. The normalized spacial score (nSPS) is 15.5. The number of oxazole rings is 1. The highest BCUT2D eigenvalue weighted by Crippen LogP contribution is 2.22. The molecule has 1 fully saturated rings. The van der Waals surface area contributed by atoms with Gasteiger partial charge < -0.3 is 15.1 Å². The maximum atomic E-state index is 12.3. The first-order chi connectivity index (χ1) is 11.8. The fraction of sp³-hybridized carbons (Fsp3) is 0.294. The van der Waals surface area contributed by atoms with Gasteiger partial charge in [-0.05, 0) is 38.1 Å². The molecule has 2 N–H and O–H groups in total. The Kier molecular flexibility index (Phi) is 3.92. The van der Waals surface area contributed by atoms with Crippen molar-refractivity contribution in [1.29, 1.82) is 0 Å². The number of aromatic nitrogens is 3. The van der Waals surface area contributed by atoms with Gasteiger partial charge in [0.1, 0.15) is 11.5 Å². The van der Waals surface area contributed by atoms with Crippen LogP contribution in [0, 0.1) is 5.92 Å². The van der Waals surface area contributed by atoms with Crippen molar-refractivity contribution in [1.82, 2.24) is 20.3 Å². The summed E-state index contributed by atoms with van der Waals surface area (Å²) in [6.07, 6.45) is 6.42. The predicted octanol–water partition coefficient (Wildman–Crippen LogP) is 2.22. The molecule has 0 aromatic carbocycles. The Morgan fingerprint density at radius 1 is 1.25 bits per heavy atom. The molecular weight excluding hydrogens is 306 g/mol. The van der Waals surface area contributed by atoms with E-state index in [1.807, 2.05) is 12.1 Å². The number of amides is 1. The highest BCUT2D eigenvalue weighted by atomic mass is 16.3.